The van der Waals surface area contributed by atoms with Gasteiger partial charge in [0.05, 0.1) is 11.6 Å². The van der Waals surface area contributed by atoms with Crippen LogP contribution >= 0.6 is 0 Å². The molecule has 5 nitrogen and oxygen atoms in total. The highest BCUT2D eigenvalue weighted by molar-refractivity contribution is 5.87. The summed E-state index contributed by atoms with van der Waals surface area (Å²) in [6, 6.07) is 14.3. The molecule has 0 saturated heterocycles. The van der Waals surface area contributed by atoms with E-state index in [1.807, 2.05) is 38.1 Å². The summed E-state index contributed by atoms with van der Waals surface area (Å²) in [7, 11) is 1.76. The fourth-order valence-corrected chi connectivity index (χ4v) is 2.31. The second-order valence-corrected chi connectivity index (χ2v) is 5.86. The van der Waals surface area contributed by atoms with E-state index >= 15 is 0 Å². The zero-order valence-corrected chi connectivity index (χ0v) is 14.1. The number of carboxylic acids is 1. The fraction of sp³-hybridized carbons (Fsp3) is 0.263. The molecule has 0 aromatic heterocycles. The standard InChI is InChI=1S/C19H22N2O3/c1-13-4-8-16(9-5-13)14(2)21(3)19(24)20-12-15-6-10-17(11-7-15)18(22)23/h4-11,14H,12H2,1-3H3,(H,20,24)(H,22,23). The highest BCUT2D eigenvalue weighted by Crippen LogP contribution is 2.19. The summed E-state index contributed by atoms with van der Waals surface area (Å²) in [5.41, 5.74) is 3.34. The molecule has 1 atom stereocenters. The number of nitrogens with zero attached hydrogens (tertiary/aromatic N) is 1. The summed E-state index contributed by atoms with van der Waals surface area (Å²) < 4.78 is 0. The number of carbonyl (C=O) groups is 2. The molecule has 0 aliphatic heterocycles. The van der Waals surface area contributed by atoms with E-state index in [1.54, 1.807) is 24.1 Å². The number of amides is 2. The molecule has 2 N–H and O–H groups in total. The van der Waals surface area contributed by atoms with Gasteiger partial charge in [0.25, 0.3) is 0 Å². The van der Waals surface area contributed by atoms with Gasteiger partial charge in [-0.25, -0.2) is 9.59 Å². The minimum Gasteiger partial charge on any atom is -0.478 e. The lowest BCUT2D eigenvalue weighted by Crippen LogP contribution is -2.38. The third kappa shape index (κ3) is 4.35. The van der Waals surface area contributed by atoms with Crippen LogP contribution in [0.15, 0.2) is 48.5 Å². The summed E-state index contributed by atoms with van der Waals surface area (Å²) in [6.45, 7) is 4.36. The lowest BCUT2D eigenvalue weighted by molar-refractivity contribution is 0.0697. The van der Waals surface area contributed by atoms with Crippen molar-refractivity contribution in [1.82, 2.24) is 10.2 Å². The molecule has 0 aliphatic rings. The van der Waals surface area contributed by atoms with E-state index in [0.717, 1.165) is 11.1 Å². The highest BCUT2D eigenvalue weighted by atomic mass is 16.4. The van der Waals surface area contributed by atoms with Gasteiger partial charge in [0.15, 0.2) is 0 Å². The van der Waals surface area contributed by atoms with Gasteiger partial charge in [-0.1, -0.05) is 42.0 Å². The maximum Gasteiger partial charge on any atom is 0.335 e. The Morgan fingerprint density at radius 3 is 2.21 bits per heavy atom. The van der Waals surface area contributed by atoms with Crippen molar-refractivity contribution in [3.63, 3.8) is 0 Å². The molecular weight excluding hydrogens is 304 g/mol. The van der Waals surface area contributed by atoms with Crippen molar-refractivity contribution < 1.29 is 14.7 Å². The van der Waals surface area contributed by atoms with Gasteiger partial charge in [-0.2, -0.15) is 0 Å². The molecule has 0 radical (unpaired) electrons. The SMILES string of the molecule is Cc1ccc(C(C)N(C)C(=O)NCc2ccc(C(=O)O)cc2)cc1. The Kier molecular flexibility index (Phi) is 5.58. The number of benzene rings is 2. The topological polar surface area (TPSA) is 69.6 Å². The van der Waals surface area contributed by atoms with E-state index in [0.29, 0.717) is 6.54 Å². The average molecular weight is 326 g/mol. The number of aromatic carboxylic acids is 1. The first-order valence-electron chi connectivity index (χ1n) is 7.78. The van der Waals surface area contributed by atoms with Gasteiger partial charge in [-0.05, 0) is 37.1 Å². The number of hydrogen-bond acceptors (Lipinski definition) is 2. The number of rotatable bonds is 5. The zero-order chi connectivity index (χ0) is 17.7. The Morgan fingerprint density at radius 1 is 1.08 bits per heavy atom. The van der Waals surface area contributed by atoms with E-state index in [1.165, 1.54) is 17.7 Å². The Balaban J connectivity index is 1.93. The molecule has 2 rings (SSSR count). The van der Waals surface area contributed by atoms with Crippen LogP contribution in [0.4, 0.5) is 4.79 Å². The summed E-state index contributed by atoms with van der Waals surface area (Å²) in [5, 5.41) is 11.7. The second-order valence-electron chi connectivity index (χ2n) is 5.86. The predicted octanol–water partition coefficient (Wildman–Crippen LogP) is 3.60. The van der Waals surface area contributed by atoms with Gasteiger partial charge in [0.1, 0.15) is 0 Å². The van der Waals surface area contributed by atoms with Gasteiger partial charge in [-0.3, -0.25) is 0 Å². The van der Waals surface area contributed by atoms with Crippen molar-refractivity contribution >= 4 is 12.0 Å². The quantitative estimate of drug-likeness (QED) is 0.882. The average Bonchev–Trinajstić information content (AvgIpc) is 2.59. The van der Waals surface area contributed by atoms with Crippen LogP contribution in [0.3, 0.4) is 0 Å². The lowest BCUT2D eigenvalue weighted by atomic mass is 10.1. The van der Waals surface area contributed by atoms with Gasteiger partial charge in [-0.15, -0.1) is 0 Å². The first-order chi connectivity index (χ1) is 11.4. The molecule has 0 bridgehead atoms. The van der Waals surface area contributed by atoms with Crippen LogP contribution in [0.5, 0.6) is 0 Å². The Labute approximate surface area is 141 Å². The van der Waals surface area contributed by atoms with Crippen molar-refractivity contribution in [2.24, 2.45) is 0 Å². The zero-order valence-electron chi connectivity index (χ0n) is 14.1. The Morgan fingerprint density at radius 2 is 1.67 bits per heavy atom. The first kappa shape index (κ1) is 17.5. The summed E-state index contributed by atoms with van der Waals surface area (Å²) in [5.74, 6) is -0.961. The molecule has 2 aromatic carbocycles. The van der Waals surface area contributed by atoms with E-state index in [-0.39, 0.29) is 17.6 Å². The predicted molar refractivity (Wildman–Crippen MR) is 93.0 cm³/mol. The van der Waals surface area contributed by atoms with Gasteiger partial charge >= 0.3 is 12.0 Å². The molecule has 24 heavy (non-hydrogen) atoms. The number of nitrogens with one attached hydrogen (secondary N) is 1. The van der Waals surface area contributed by atoms with Crippen molar-refractivity contribution in [3.05, 3.63) is 70.8 Å². The number of carboxylic acid groups (broad SMARTS) is 1. The molecule has 0 fully saturated rings. The molecule has 0 spiro atoms. The van der Waals surface area contributed by atoms with Crippen LogP contribution in [0.2, 0.25) is 0 Å². The molecule has 0 heterocycles. The minimum atomic E-state index is -0.961. The van der Waals surface area contributed by atoms with Crippen LogP contribution in [0.25, 0.3) is 0 Å². The highest BCUT2D eigenvalue weighted by Gasteiger charge is 2.16. The van der Waals surface area contributed by atoms with Crippen LogP contribution in [-0.2, 0) is 6.54 Å². The number of hydrogen-bond donors (Lipinski definition) is 2. The van der Waals surface area contributed by atoms with Crippen molar-refractivity contribution in [1.29, 1.82) is 0 Å². The van der Waals surface area contributed by atoms with Crippen LogP contribution in [0.1, 0.15) is 40.0 Å². The first-order valence-corrected chi connectivity index (χ1v) is 7.78. The maximum absolute atomic E-state index is 12.3. The Bertz CT molecular complexity index is 708. The monoisotopic (exact) mass is 326 g/mol. The largest absolute Gasteiger partial charge is 0.478 e. The molecule has 1 unspecified atom stereocenters. The Hall–Kier alpha value is -2.82. The van der Waals surface area contributed by atoms with Crippen molar-refractivity contribution in [2.75, 3.05) is 7.05 Å². The second kappa shape index (κ2) is 7.64. The van der Waals surface area contributed by atoms with Gasteiger partial charge < -0.3 is 15.3 Å². The van der Waals surface area contributed by atoms with Crippen molar-refractivity contribution in [2.45, 2.75) is 26.4 Å². The summed E-state index contributed by atoms with van der Waals surface area (Å²) >= 11 is 0. The van der Waals surface area contributed by atoms with E-state index in [2.05, 4.69) is 5.32 Å². The summed E-state index contributed by atoms with van der Waals surface area (Å²) in [4.78, 5) is 24.8. The van der Waals surface area contributed by atoms with E-state index in [4.69, 9.17) is 5.11 Å². The van der Waals surface area contributed by atoms with E-state index < -0.39 is 5.97 Å². The smallest absolute Gasteiger partial charge is 0.335 e. The van der Waals surface area contributed by atoms with E-state index in [9.17, 15) is 9.59 Å². The summed E-state index contributed by atoms with van der Waals surface area (Å²) in [6.07, 6.45) is 0. The van der Waals surface area contributed by atoms with Gasteiger partial charge in [0.2, 0.25) is 0 Å². The third-order valence-corrected chi connectivity index (χ3v) is 4.11. The van der Waals surface area contributed by atoms with Crippen molar-refractivity contribution in [3.8, 4) is 0 Å². The molecule has 0 aliphatic carbocycles. The minimum absolute atomic E-state index is 0.0417. The molecular formula is C19H22N2O3. The third-order valence-electron chi connectivity index (χ3n) is 4.11. The fourth-order valence-electron chi connectivity index (χ4n) is 2.31. The lowest BCUT2D eigenvalue weighted by Gasteiger charge is -2.25. The van der Waals surface area contributed by atoms with Gasteiger partial charge in [0, 0.05) is 13.6 Å². The molecule has 2 aromatic rings. The van der Waals surface area contributed by atoms with Crippen LogP contribution < -0.4 is 5.32 Å². The molecule has 126 valence electrons. The molecule has 0 saturated carbocycles. The number of urea groups is 1. The maximum atomic E-state index is 12.3. The van der Waals surface area contributed by atoms with Crippen LogP contribution in [-0.4, -0.2) is 29.1 Å². The normalized spacial score (nSPS) is 11.6. The molecule has 2 amide bonds. The molecule has 5 heteroatoms. The van der Waals surface area contributed by atoms with Crippen LogP contribution in [0, 0.1) is 6.92 Å². The number of carbonyl (C=O) groups excluding carboxylic acids is 1. The number of aryl methyl sites for hydroxylation is 1.